The smallest absolute Gasteiger partial charge is 0.338 e. The molecule has 3 rings (SSSR count). The third-order valence-corrected chi connectivity index (χ3v) is 4.37. The average Bonchev–Trinajstić information content (AvgIpc) is 2.76. The van der Waals surface area contributed by atoms with Gasteiger partial charge in [-0.1, -0.05) is 24.1 Å². The van der Waals surface area contributed by atoms with Gasteiger partial charge in [0.05, 0.1) is 5.56 Å². The van der Waals surface area contributed by atoms with Crippen molar-refractivity contribution in [2.24, 2.45) is 0 Å². The highest BCUT2D eigenvalue weighted by Crippen LogP contribution is 2.30. The summed E-state index contributed by atoms with van der Waals surface area (Å²) in [6.07, 6.45) is 2.37. The maximum Gasteiger partial charge on any atom is 0.338 e. The van der Waals surface area contributed by atoms with Crippen molar-refractivity contribution in [2.75, 3.05) is 13.1 Å². The van der Waals surface area contributed by atoms with E-state index in [0.717, 1.165) is 24.9 Å². The van der Waals surface area contributed by atoms with Gasteiger partial charge in [-0.25, -0.2) is 4.79 Å². The molecule has 0 bridgehead atoms. The number of nitrogens with zero attached hydrogens (tertiary/aromatic N) is 1. The molecule has 1 aromatic carbocycles. The van der Waals surface area contributed by atoms with Crippen molar-refractivity contribution in [3.05, 3.63) is 35.4 Å². The number of esters is 1. The van der Waals surface area contributed by atoms with Gasteiger partial charge in [0, 0.05) is 12.6 Å². The second kappa shape index (κ2) is 6.77. The zero-order valence-electron chi connectivity index (χ0n) is 12.2. The molecule has 3 atom stereocenters. The molecule has 21 heavy (non-hydrogen) atoms. The van der Waals surface area contributed by atoms with E-state index in [0.29, 0.717) is 12.1 Å². The Balaban J connectivity index is 0.00000161. The summed E-state index contributed by atoms with van der Waals surface area (Å²) < 4.78 is 5.59. The first-order valence-electron chi connectivity index (χ1n) is 7.35. The van der Waals surface area contributed by atoms with Crippen molar-refractivity contribution in [3.63, 3.8) is 0 Å². The van der Waals surface area contributed by atoms with Gasteiger partial charge in [-0.2, -0.15) is 0 Å². The Morgan fingerprint density at radius 1 is 1.29 bits per heavy atom. The quantitative estimate of drug-likeness (QED) is 0.851. The highest BCUT2D eigenvalue weighted by atomic mass is 35.5. The first-order chi connectivity index (χ1) is 9.65. The summed E-state index contributed by atoms with van der Waals surface area (Å²) in [6, 6.07) is 7.53. The van der Waals surface area contributed by atoms with Crippen LogP contribution >= 0.6 is 12.4 Å². The van der Waals surface area contributed by atoms with Gasteiger partial charge in [-0.3, -0.25) is 4.90 Å². The van der Waals surface area contributed by atoms with Crippen LogP contribution in [0.25, 0.3) is 0 Å². The van der Waals surface area contributed by atoms with E-state index in [2.05, 4.69) is 4.90 Å². The zero-order chi connectivity index (χ0) is 14.1. The highest BCUT2D eigenvalue weighted by Gasteiger charge is 2.44. The second-order valence-electron chi connectivity index (χ2n) is 5.86. The summed E-state index contributed by atoms with van der Waals surface area (Å²) in [5.74, 6) is -0.332. The summed E-state index contributed by atoms with van der Waals surface area (Å²) >= 11 is 0. The number of piperidine rings is 1. The number of halogens is 1. The van der Waals surface area contributed by atoms with Crippen LogP contribution in [0.3, 0.4) is 0 Å². The fraction of sp³-hybridized carbons (Fsp3) is 0.562. The van der Waals surface area contributed by atoms with Crippen LogP contribution in [0.5, 0.6) is 0 Å². The van der Waals surface area contributed by atoms with Crippen LogP contribution in [-0.2, 0) is 4.74 Å². The maximum absolute atomic E-state index is 12.2. The molecule has 2 aliphatic rings. The number of carbonyl (C=O) groups is 1. The van der Waals surface area contributed by atoms with Crippen LogP contribution in [0.4, 0.5) is 0 Å². The van der Waals surface area contributed by atoms with E-state index in [4.69, 9.17) is 4.74 Å². The van der Waals surface area contributed by atoms with Crippen molar-refractivity contribution >= 4 is 18.4 Å². The van der Waals surface area contributed by atoms with Gasteiger partial charge in [0.1, 0.15) is 12.2 Å². The number of ether oxygens (including phenoxy) is 1. The maximum atomic E-state index is 12.2. The van der Waals surface area contributed by atoms with E-state index in [-0.39, 0.29) is 30.5 Å². The minimum absolute atomic E-state index is 0. The van der Waals surface area contributed by atoms with E-state index >= 15 is 0 Å². The van der Waals surface area contributed by atoms with Gasteiger partial charge in [-0.05, 0) is 38.4 Å². The Morgan fingerprint density at radius 2 is 2.00 bits per heavy atom. The lowest BCUT2D eigenvalue weighted by Crippen LogP contribution is -2.41. The molecule has 1 aromatic rings. The predicted molar refractivity (Wildman–Crippen MR) is 82.8 cm³/mol. The third-order valence-electron chi connectivity index (χ3n) is 4.37. The molecule has 2 fully saturated rings. The number of carbonyl (C=O) groups excluding carboxylic acids is 1. The molecule has 116 valence electrons. The number of fused-ring (bicyclic) bond motifs is 1. The molecule has 0 aromatic heterocycles. The van der Waals surface area contributed by atoms with E-state index in [1.165, 1.54) is 6.42 Å². The van der Waals surface area contributed by atoms with Crippen molar-refractivity contribution in [3.8, 4) is 0 Å². The van der Waals surface area contributed by atoms with Crippen LogP contribution < -0.4 is 0 Å². The number of benzene rings is 1. The first-order valence-corrected chi connectivity index (χ1v) is 7.35. The molecule has 1 N–H and O–H groups in total. The number of aliphatic hydroxyl groups is 1. The lowest BCUT2D eigenvalue weighted by molar-refractivity contribution is -0.0133. The van der Waals surface area contributed by atoms with Crippen LogP contribution in [-0.4, -0.2) is 47.3 Å². The molecule has 0 spiro atoms. The molecule has 2 heterocycles. The van der Waals surface area contributed by atoms with Crippen molar-refractivity contribution < 1.29 is 14.6 Å². The summed E-state index contributed by atoms with van der Waals surface area (Å²) in [4.78, 5) is 14.4. The molecule has 0 aliphatic carbocycles. The fourth-order valence-electron chi connectivity index (χ4n) is 3.25. The summed E-state index contributed by atoms with van der Waals surface area (Å²) in [7, 11) is 0. The standard InChI is InChI=1S/C16H21NO3.ClH/c1-11-5-7-12(8-6-11)16(19)20-15-13-4-2-3-9-17(13)10-14(15)18;/h5-8,13-15,18H,2-4,9-10H2,1H3;1H/t13-,14+,15+;/m0./s1. The monoisotopic (exact) mass is 311 g/mol. The van der Waals surface area contributed by atoms with Gasteiger partial charge in [-0.15, -0.1) is 12.4 Å². The van der Waals surface area contributed by atoms with E-state index in [1.54, 1.807) is 12.1 Å². The lowest BCUT2D eigenvalue weighted by Gasteiger charge is -2.31. The molecule has 2 saturated heterocycles. The van der Waals surface area contributed by atoms with Gasteiger partial charge >= 0.3 is 5.97 Å². The summed E-state index contributed by atoms with van der Waals surface area (Å²) in [5, 5.41) is 10.1. The highest BCUT2D eigenvalue weighted by molar-refractivity contribution is 5.89. The van der Waals surface area contributed by atoms with Crippen molar-refractivity contribution in [1.82, 2.24) is 4.90 Å². The Labute approximate surface area is 131 Å². The van der Waals surface area contributed by atoms with E-state index < -0.39 is 6.10 Å². The molecule has 0 unspecified atom stereocenters. The van der Waals surface area contributed by atoms with E-state index in [1.807, 2.05) is 19.1 Å². The second-order valence-corrected chi connectivity index (χ2v) is 5.86. The number of rotatable bonds is 2. The van der Waals surface area contributed by atoms with Gasteiger partial charge < -0.3 is 9.84 Å². The summed E-state index contributed by atoms with van der Waals surface area (Å²) in [6.45, 7) is 3.60. The lowest BCUT2D eigenvalue weighted by atomic mass is 10.00. The Hall–Kier alpha value is -1.10. The van der Waals surface area contributed by atoms with Crippen molar-refractivity contribution in [1.29, 1.82) is 0 Å². The fourth-order valence-corrected chi connectivity index (χ4v) is 3.25. The Morgan fingerprint density at radius 3 is 2.71 bits per heavy atom. The van der Waals surface area contributed by atoms with Gasteiger partial charge in [0.2, 0.25) is 0 Å². The van der Waals surface area contributed by atoms with Crippen LogP contribution in [0.1, 0.15) is 35.2 Å². The van der Waals surface area contributed by atoms with Gasteiger partial charge in [0.25, 0.3) is 0 Å². The Bertz CT molecular complexity index is 491. The normalized spacial score (nSPS) is 28.6. The third kappa shape index (κ3) is 3.39. The topological polar surface area (TPSA) is 49.8 Å². The number of hydrogen-bond donors (Lipinski definition) is 1. The molecular weight excluding hydrogens is 290 g/mol. The van der Waals surface area contributed by atoms with Crippen LogP contribution in [0.2, 0.25) is 0 Å². The minimum atomic E-state index is -0.563. The van der Waals surface area contributed by atoms with Crippen molar-refractivity contribution in [2.45, 2.75) is 44.4 Å². The number of aliphatic hydroxyl groups excluding tert-OH is 1. The predicted octanol–water partition coefficient (Wildman–Crippen LogP) is 2.17. The largest absolute Gasteiger partial charge is 0.454 e. The zero-order valence-corrected chi connectivity index (χ0v) is 13.0. The Kier molecular flexibility index (Phi) is 5.25. The molecule has 0 saturated carbocycles. The molecule has 0 radical (unpaired) electrons. The van der Waals surface area contributed by atoms with E-state index in [9.17, 15) is 9.90 Å². The molecule has 4 nitrogen and oxygen atoms in total. The number of aryl methyl sites for hydroxylation is 1. The number of hydrogen-bond acceptors (Lipinski definition) is 4. The average molecular weight is 312 g/mol. The molecule has 2 aliphatic heterocycles. The van der Waals surface area contributed by atoms with Crippen LogP contribution in [0, 0.1) is 6.92 Å². The SMILES string of the molecule is Cc1ccc(C(=O)O[C@H]2[C@H](O)CN3CCCC[C@@H]23)cc1.Cl. The van der Waals surface area contributed by atoms with Gasteiger partial charge in [0.15, 0.2) is 0 Å². The summed E-state index contributed by atoms with van der Waals surface area (Å²) in [5.41, 5.74) is 1.66. The minimum Gasteiger partial charge on any atom is -0.454 e. The molecule has 0 amide bonds. The van der Waals surface area contributed by atoms with Crippen LogP contribution in [0.15, 0.2) is 24.3 Å². The molecule has 5 heteroatoms. The molecular formula is C16H22ClNO3. The first kappa shape index (κ1) is 16.3.